The van der Waals surface area contributed by atoms with Gasteiger partial charge in [-0.25, -0.2) is 13.2 Å². The van der Waals surface area contributed by atoms with E-state index in [-0.39, 0.29) is 62.4 Å². The van der Waals surface area contributed by atoms with Crippen LogP contribution in [0.3, 0.4) is 0 Å². The van der Waals surface area contributed by atoms with Crippen LogP contribution in [0.2, 0.25) is 0 Å². The van der Waals surface area contributed by atoms with Gasteiger partial charge in [0, 0.05) is 23.4 Å². The third kappa shape index (κ3) is 10.6. The number of rotatable bonds is 13. The summed E-state index contributed by atoms with van der Waals surface area (Å²) in [6, 6.07) is 19.1. The molecule has 0 spiro atoms. The highest BCUT2D eigenvalue weighted by molar-refractivity contribution is 7.93. The number of nitrogens with one attached hydrogen (secondary N) is 3. The number of azo groups is 1. The van der Waals surface area contributed by atoms with Gasteiger partial charge in [0.05, 0.1) is 38.8 Å². The number of ketones is 2. The first-order valence-corrected chi connectivity index (χ1v) is 24.2. The van der Waals surface area contributed by atoms with Crippen LogP contribution in [0.5, 0.6) is 0 Å². The van der Waals surface area contributed by atoms with Gasteiger partial charge in [0.15, 0.2) is 16.4 Å². The molecule has 5 aromatic rings. The first kappa shape index (κ1) is 50.3. The minimum Gasteiger partial charge on any atom is -1.00 e. The Kier molecular flexibility index (Phi) is 13.8. The summed E-state index contributed by atoms with van der Waals surface area (Å²) in [5, 5.41) is 33.6. The molecule has 2 aliphatic carbocycles. The van der Waals surface area contributed by atoms with Gasteiger partial charge in [-0.15, -0.1) is 5.11 Å². The van der Waals surface area contributed by atoms with Crippen LogP contribution < -0.4 is 33.7 Å². The molecule has 9 N–H and O–H groups in total. The number of carboxylic acids is 1. The summed E-state index contributed by atoms with van der Waals surface area (Å²) in [7, 11) is -20.0. The Balaban J connectivity index is 0.00000782. The van der Waals surface area contributed by atoms with Crippen molar-refractivity contribution in [3.63, 3.8) is 0 Å². The molecule has 0 saturated heterocycles. The molecule has 5 aromatic carbocycles. The van der Waals surface area contributed by atoms with Crippen molar-refractivity contribution in [2.75, 3.05) is 21.3 Å². The number of halogens is 1. The fourth-order valence-electron chi connectivity index (χ4n) is 6.41. The van der Waals surface area contributed by atoms with Gasteiger partial charge in [-0.2, -0.15) is 40.6 Å². The molecule has 7 rings (SSSR count). The number of para-hydroxylation sites is 1. The van der Waals surface area contributed by atoms with Gasteiger partial charge in [-0.05, 0) is 90.0 Å². The molecule has 0 amide bonds. The number of fused-ring (bicyclic) bond motifs is 2. The first-order chi connectivity index (χ1) is 31.9. The molecule has 25 nitrogen and oxygen atoms in total. The summed E-state index contributed by atoms with van der Waals surface area (Å²) >= 11 is 0. The van der Waals surface area contributed by atoms with Crippen LogP contribution in [0.4, 0.5) is 39.8 Å². The minimum absolute atomic E-state index is 0. The van der Waals surface area contributed by atoms with Crippen molar-refractivity contribution in [1.29, 1.82) is 5.39 Å². The Morgan fingerprint density at radius 1 is 0.667 bits per heavy atom. The zero-order valence-electron chi connectivity index (χ0n) is 33.9. The van der Waals surface area contributed by atoms with Crippen molar-refractivity contribution in [3.05, 3.63) is 140 Å². The molecule has 0 saturated carbocycles. The molecular formula is C39H27ClN10O15S4. The summed E-state index contributed by atoms with van der Waals surface area (Å²) in [5.41, 5.74) is 5.29. The Morgan fingerprint density at radius 3 is 1.84 bits per heavy atom. The van der Waals surface area contributed by atoms with E-state index in [9.17, 15) is 66.8 Å². The number of benzene rings is 5. The van der Waals surface area contributed by atoms with E-state index in [1.165, 1.54) is 54.6 Å². The Labute approximate surface area is 395 Å². The van der Waals surface area contributed by atoms with Gasteiger partial charge in [-0.1, -0.05) is 18.2 Å². The van der Waals surface area contributed by atoms with Crippen molar-refractivity contribution in [2.24, 2.45) is 20.4 Å². The largest absolute Gasteiger partial charge is 1.00 e. The smallest absolute Gasteiger partial charge is 0.385 e. The van der Waals surface area contributed by atoms with Crippen LogP contribution in [0, 0.1) is 5.39 Å². The molecule has 0 radical (unpaired) electrons. The fourth-order valence-corrected chi connectivity index (χ4v) is 9.46. The molecular weight excluding hydrogens is 1010 g/mol. The number of aromatic carboxylic acids is 1. The number of hydrogen-bond acceptors (Lipinski definition) is 19. The minimum atomic E-state index is -5.38. The number of anilines is 4. The van der Waals surface area contributed by atoms with E-state index in [0.717, 1.165) is 42.5 Å². The average molecular weight is 1040 g/mol. The number of carbonyl (C=O) groups is 3. The summed E-state index contributed by atoms with van der Waals surface area (Å²) in [4.78, 5) is 39.0. The predicted octanol–water partition coefficient (Wildman–Crippen LogP) is 2.70. The van der Waals surface area contributed by atoms with E-state index < -0.39 is 107 Å². The number of allylic oxidation sites excluding steroid dienone is 2. The molecule has 0 heterocycles. The SMILES string of the molecule is N#[N+]c1ccc(NS(=O)(=O)c2ccc(N=Nc3c(S(=O)(=O)O)cc4c(c3N)C(=O)/C(=N\Nc3ccc5c(c3)C(=O)/C(=N\Nc3ccccc3C(=O)O)C(S(=O)(=O)O)=C5)C(S(=O)(=O)O)=C4)cc2)cc1.[Cl-]. The van der Waals surface area contributed by atoms with Crippen molar-refractivity contribution < 1.29 is 79.2 Å². The van der Waals surface area contributed by atoms with Crippen molar-refractivity contribution >= 4 is 121 Å². The van der Waals surface area contributed by atoms with Gasteiger partial charge in [0.25, 0.3) is 40.4 Å². The number of sulfonamides is 1. The summed E-state index contributed by atoms with van der Waals surface area (Å²) < 4.78 is 134. The Bertz CT molecular complexity index is 3720. The quantitative estimate of drug-likeness (QED) is 0.0276. The Morgan fingerprint density at radius 2 is 1.25 bits per heavy atom. The lowest BCUT2D eigenvalue weighted by atomic mass is 9.92. The predicted molar refractivity (Wildman–Crippen MR) is 243 cm³/mol. The van der Waals surface area contributed by atoms with Crippen molar-refractivity contribution in [3.8, 4) is 0 Å². The molecule has 0 bridgehead atoms. The number of nitrogens with two attached hydrogens (primary N) is 1. The van der Waals surface area contributed by atoms with Crippen molar-refractivity contribution in [2.45, 2.75) is 9.79 Å². The van der Waals surface area contributed by atoms with Gasteiger partial charge in [0.1, 0.15) is 20.4 Å². The molecule has 0 aromatic heterocycles. The van der Waals surface area contributed by atoms with Crippen molar-refractivity contribution in [1.82, 2.24) is 0 Å². The van der Waals surface area contributed by atoms with Gasteiger partial charge in [-0.3, -0.25) is 38.8 Å². The second kappa shape index (κ2) is 18.9. The molecule has 0 atom stereocenters. The van der Waals surface area contributed by atoms with Crippen LogP contribution in [-0.2, 0) is 40.4 Å². The third-order valence-corrected chi connectivity index (χ3v) is 13.6. The molecule has 0 aliphatic heterocycles. The molecule has 0 unspecified atom stereocenters. The number of nitrogen functional groups attached to an aromatic ring is 1. The third-order valence-electron chi connectivity index (χ3n) is 9.55. The van der Waals surface area contributed by atoms with E-state index in [1.807, 2.05) is 0 Å². The summed E-state index contributed by atoms with van der Waals surface area (Å²) in [5.74, 6) is -3.89. The number of diazo groups is 1. The lowest BCUT2D eigenvalue weighted by Gasteiger charge is -2.20. The highest BCUT2D eigenvalue weighted by Gasteiger charge is 2.38. The van der Waals surface area contributed by atoms with Crippen LogP contribution in [0.25, 0.3) is 17.1 Å². The van der Waals surface area contributed by atoms with E-state index in [1.54, 1.807) is 0 Å². The highest BCUT2D eigenvalue weighted by Crippen LogP contribution is 2.41. The van der Waals surface area contributed by atoms with Gasteiger partial charge >= 0.3 is 11.7 Å². The second-order valence-corrected chi connectivity index (χ2v) is 19.8. The fraction of sp³-hybridized carbons (Fsp3) is 0. The number of hydrogen-bond donors (Lipinski definition) is 8. The summed E-state index contributed by atoms with van der Waals surface area (Å²) in [6.07, 6.45) is 1.49. The zero-order chi connectivity index (χ0) is 49.5. The molecule has 69 heavy (non-hydrogen) atoms. The van der Waals surface area contributed by atoms with E-state index in [4.69, 9.17) is 11.1 Å². The monoisotopic (exact) mass is 1040 g/mol. The molecule has 30 heteroatoms. The number of nitrogens with zero attached hydrogens (tertiary/aromatic N) is 6. The van der Waals surface area contributed by atoms with Gasteiger partial charge < -0.3 is 23.2 Å². The molecule has 354 valence electrons. The Hall–Kier alpha value is -8.08. The normalized spacial score (nSPS) is 15.0. The number of Topliss-reactive ketones (excluding diaryl/α,β-unsaturated/α-hetero) is 2. The second-order valence-electron chi connectivity index (χ2n) is 13.9. The maximum atomic E-state index is 14.1. The molecule has 0 fully saturated rings. The zero-order valence-corrected chi connectivity index (χ0v) is 38.0. The highest BCUT2D eigenvalue weighted by atomic mass is 35.5. The first-order valence-electron chi connectivity index (χ1n) is 18.4. The lowest BCUT2D eigenvalue weighted by molar-refractivity contribution is -0.0000553. The summed E-state index contributed by atoms with van der Waals surface area (Å²) in [6.45, 7) is 0. The van der Waals surface area contributed by atoms with Gasteiger partial charge in [0.2, 0.25) is 17.0 Å². The standard InChI is InChI=1S/C39H26N10O15S4.ClH/c40-33-32-20(16-29(66(56,57)58)34(33)46-43-22-11-13-25(14-12-22)65(54,55)49-23-9-7-21(42-41)8-10-23)17-31(68(62,63)64)36(38(32)51)47-44-24-6-5-19-15-30(67(59,60)61)35(37(50)27(19)18-24)48-45-28-4-2-1-3-26(28)39(52)53;/h1-18,41,49H,(H6,40,43,51,52,53,56,57,58,59,60,61,62,63,64);1H/b47-36-;. The topological polar surface area (TPSA) is 408 Å². The van der Waals surface area contributed by atoms with Crippen LogP contribution in [0.1, 0.15) is 42.2 Å². The van der Waals surface area contributed by atoms with Crippen LogP contribution in [0.15, 0.2) is 137 Å². The number of carboxylic acid groups (broad SMARTS) is 1. The van der Waals surface area contributed by atoms with Crippen LogP contribution >= 0.6 is 0 Å². The van der Waals surface area contributed by atoms with E-state index in [0.29, 0.717) is 12.1 Å². The average Bonchev–Trinajstić information content (AvgIpc) is 3.27. The van der Waals surface area contributed by atoms with E-state index in [2.05, 4.69) is 41.0 Å². The molecule has 2 aliphatic rings. The number of hydrazone groups is 2. The van der Waals surface area contributed by atoms with Crippen LogP contribution in [-0.4, -0.2) is 81.4 Å². The lowest BCUT2D eigenvalue weighted by Crippen LogP contribution is -3.00. The maximum absolute atomic E-state index is 14.1. The number of carbonyl (C=O) groups excluding carboxylic acids is 2. The van der Waals surface area contributed by atoms with E-state index >= 15 is 0 Å². The maximum Gasteiger partial charge on any atom is 0.385 e.